The number of esters is 1. The predicted octanol–water partition coefficient (Wildman–Crippen LogP) is 2.80. The summed E-state index contributed by atoms with van der Waals surface area (Å²) >= 11 is 1.26. The number of thiazole rings is 1. The molecule has 0 unspecified atom stereocenters. The van der Waals surface area contributed by atoms with Crippen LogP contribution in [0.5, 0.6) is 11.5 Å². The minimum Gasteiger partial charge on any atom is -0.465 e. The van der Waals surface area contributed by atoms with Gasteiger partial charge in [-0.25, -0.2) is 4.39 Å². The number of rotatable bonds is 5. The molecule has 0 aliphatic carbocycles. The first kappa shape index (κ1) is 19.1. The number of benzene rings is 2. The van der Waals surface area contributed by atoms with Crippen LogP contribution in [0.4, 0.5) is 4.39 Å². The van der Waals surface area contributed by atoms with E-state index < -0.39 is 11.9 Å². The van der Waals surface area contributed by atoms with Crippen molar-refractivity contribution in [1.29, 1.82) is 0 Å². The summed E-state index contributed by atoms with van der Waals surface area (Å²) in [5.74, 6) is -0.0335. The second-order valence-electron chi connectivity index (χ2n) is 6.26. The minimum atomic E-state index is -0.433. The summed E-state index contributed by atoms with van der Waals surface area (Å²) in [6.45, 7) is 2.03. The number of amides is 1. The number of halogens is 1. The van der Waals surface area contributed by atoms with Crippen molar-refractivity contribution in [2.24, 2.45) is 4.99 Å². The van der Waals surface area contributed by atoms with Crippen molar-refractivity contribution in [3.63, 3.8) is 0 Å². The fraction of sp³-hybridized carbons (Fsp3) is 0.250. The number of ether oxygens (including phenoxy) is 3. The van der Waals surface area contributed by atoms with E-state index in [2.05, 4.69) is 4.99 Å². The van der Waals surface area contributed by atoms with Gasteiger partial charge < -0.3 is 18.8 Å². The van der Waals surface area contributed by atoms with Crippen LogP contribution in [-0.2, 0) is 27.3 Å². The molecule has 0 atom stereocenters. The number of hydrogen-bond acceptors (Lipinski definition) is 6. The molecule has 150 valence electrons. The monoisotopic (exact) mass is 416 g/mol. The second-order valence-corrected chi connectivity index (χ2v) is 7.27. The number of carbonyl (C=O) groups excluding carboxylic acids is 2. The van der Waals surface area contributed by atoms with Gasteiger partial charge in [0.25, 0.3) is 5.91 Å². The van der Waals surface area contributed by atoms with E-state index in [9.17, 15) is 14.0 Å². The highest BCUT2D eigenvalue weighted by atomic mass is 32.1. The van der Waals surface area contributed by atoms with Gasteiger partial charge >= 0.3 is 5.97 Å². The van der Waals surface area contributed by atoms with Crippen LogP contribution in [0.1, 0.15) is 12.5 Å². The van der Waals surface area contributed by atoms with Gasteiger partial charge in [-0.3, -0.25) is 9.59 Å². The van der Waals surface area contributed by atoms with Crippen molar-refractivity contribution in [2.75, 3.05) is 13.4 Å². The van der Waals surface area contributed by atoms with Crippen LogP contribution in [0.25, 0.3) is 10.2 Å². The molecule has 9 heteroatoms. The first-order chi connectivity index (χ1) is 14.0. The Kier molecular flexibility index (Phi) is 5.30. The first-order valence-electron chi connectivity index (χ1n) is 8.94. The Bertz CT molecular complexity index is 1150. The summed E-state index contributed by atoms with van der Waals surface area (Å²) in [7, 11) is 0. The molecule has 29 heavy (non-hydrogen) atoms. The summed E-state index contributed by atoms with van der Waals surface area (Å²) in [5.41, 5.74) is 1.35. The summed E-state index contributed by atoms with van der Waals surface area (Å²) < 4.78 is 31.3. The molecule has 0 fully saturated rings. The quantitative estimate of drug-likeness (QED) is 0.598. The zero-order valence-corrected chi connectivity index (χ0v) is 16.3. The lowest BCUT2D eigenvalue weighted by Gasteiger charge is -2.05. The average molecular weight is 416 g/mol. The van der Waals surface area contributed by atoms with E-state index in [0.717, 1.165) is 4.70 Å². The molecule has 0 bridgehead atoms. The van der Waals surface area contributed by atoms with Crippen LogP contribution in [-0.4, -0.2) is 29.8 Å². The predicted molar refractivity (Wildman–Crippen MR) is 103 cm³/mol. The molecule has 2 heterocycles. The van der Waals surface area contributed by atoms with E-state index in [0.29, 0.717) is 27.4 Å². The molecule has 0 radical (unpaired) electrons. The van der Waals surface area contributed by atoms with Gasteiger partial charge in [0.15, 0.2) is 16.3 Å². The van der Waals surface area contributed by atoms with E-state index >= 15 is 0 Å². The topological polar surface area (TPSA) is 79.1 Å². The summed E-state index contributed by atoms with van der Waals surface area (Å²) in [4.78, 5) is 29.1. The molecule has 1 aromatic heterocycles. The Labute approximate surface area is 169 Å². The van der Waals surface area contributed by atoms with Crippen molar-refractivity contribution < 1.29 is 28.2 Å². The van der Waals surface area contributed by atoms with Gasteiger partial charge in [-0.15, -0.1) is 0 Å². The summed E-state index contributed by atoms with van der Waals surface area (Å²) in [6.07, 6.45) is 0.0245. The third-order valence-electron chi connectivity index (χ3n) is 4.26. The smallest absolute Gasteiger partial charge is 0.326 e. The normalized spacial score (nSPS) is 13.1. The molecule has 7 nitrogen and oxygen atoms in total. The van der Waals surface area contributed by atoms with Crippen LogP contribution in [0.15, 0.2) is 41.4 Å². The van der Waals surface area contributed by atoms with Crippen molar-refractivity contribution >= 4 is 33.4 Å². The van der Waals surface area contributed by atoms with Gasteiger partial charge in [0, 0.05) is 12.1 Å². The second kappa shape index (κ2) is 8.04. The third kappa shape index (κ3) is 4.14. The number of aromatic nitrogens is 1. The van der Waals surface area contributed by atoms with Gasteiger partial charge in [0.1, 0.15) is 12.4 Å². The fourth-order valence-electron chi connectivity index (χ4n) is 2.96. The zero-order chi connectivity index (χ0) is 20.4. The molecular formula is C20H17FN2O5S. The number of carbonyl (C=O) groups is 2. The Hall–Kier alpha value is -3.20. The molecular weight excluding hydrogens is 399 g/mol. The largest absolute Gasteiger partial charge is 0.465 e. The number of hydrogen-bond donors (Lipinski definition) is 0. The van der Waals surface area contributed by atoms with Crippen molar-refractivity contribution in [3.05, 3.63) is 52.6 Å². The molecule has 0 N–H and O–H groups in total. The lowest BCUT2D eigenvalue weighted by Crippen LogP contribution is -2.23. The van der Waals surface area contributed by atoms with E-state index in [4.69, 9.17) is 14.2 Å². The molecule has 1 aliphatic rings. The fourth-order valence-corrected chi connectivity index (χ4v) is 4.01. The Balaban J connectivity index is 1.73. The van der Waals surface area contributed by atoms with E-state index in [1.165, 1.54) is 23.5 Å². The maximum absolute atomic E-state index is 13.1. The van der Waals surface area contributed by atoms with Crippen LogP contribution >= 0.6 is 11.3 Å². The summed E-state index contributed by atoms with van der Waals surface area (Å²) in [6, 6.07) is 9.23. The first-order valence-corrected chi connectivity index (χ1v) is 9.75. The molecule has 2 aromatic carbocycles. The zero-order valence-electron chi connectivity index (χ0n) is 15.5. The van der Waals surface area contributed by atoms with E-state index in [1.54, 1.807) is 35.8 Å². The highest BCUT2D eigenvalue weighted by molar-refractivity contribution is 7.16. The molecule has 0 spiro atoms. The summed E-state index contributed by atoms with van der Waals surface area (Å²) in [5, 5.41) is 0. The van der Waals surface area contributed by atoms with E-state index in [1.807, 2.05) is 0 Å². The van der Waals surface area contributed by atoms with Gasteiger partial charge in [-0.05, 0) is 24.6 Å². The lowest BCUT2D eigenvalue weighted by molar-refractivity contribution is -0.143. The molecule has 1 amide bonds. The highest BCUT2D eigenvalue weighted by Gasteiger charge is 2.19. The van der Waals surface area contributed by atoms with Crippen molar-refractivity contribution in [1.82, 2.24) is 4.57 Å². The van der Waals surface area contributed by atoms with Gasteiger partial charge in [-0.1, -0.05) is 23.5 Å². The third-order valence-corrected chi connectivity index (χ3v) is 5.30. The average Bonchev–Trinajstić information content (AvgIpc) is 3.26. The molecule has 0 saturated heterocycles. The lowest BCUT2D eigenvalue weighted by atomic mass is 10.1. The Morgan fingerprint density at radius 2 is 1.93 bits per heavy atom. The maximum Gasteiger partial charge on any atom is 0.326 e. The molecule has 1 aliphatic heterocycles. The number of fused-ring (bicyclic) bond motifs is 2. The van der Waals surface area contributed by atoms with E-state index in [-0.39, 0.29) is 32.2 Å². The number of nitrogens with zero attached hydrogens (tertiary/aromatic N) is 2. The van der Waals surface area contributed by atoms with Crippen LogP contribution in [0.2, 0.25) is 0 Å². The Morgan fingerprint density at radius 1 is 1.21 bits per heavy atom. The van der Waals surface area contributed by atoms with Crippen LogP contribution in [0.3, 0.4) is 0 Å². The van der Waals surface area contributed by atoms with Crippen LogP contribution < -0.4 is 14.3 Å². The van der Waals surface area contributed by atoms with Gasteiger partial charge in [0.05, 0.1) is 23.2 Å². The maximum atomic E-state index is 13.1. The van der Waals surface area contributed by atoms with Crippen molar-refractivity contribution in [3.8, 4) is 11.5 Å². The Morgan fingerprint density at radius 3 is 2.66 bits per heavy atom. The molecule has 0 saturated carbocycles. The highest BCUT2D eigenvalue weighted by Crippen LogP contribution is 2.37. The standard InChI is InChI=1S/C20H17FN2O5S/c1-2-26-19(25)10-23-14-8-15-16(28-11-27-15)9-17(14)29-20(23)22-18(24)7-12-3-5-13(21)6-4-12/h3-6,8-9H,2,7,10-11H2,1H3. The van der Waals surface area contributed by atoms with Gasteiger partial charge in [0.2, 0.25) is 6.79 Å². The minimum absolute atomic E-state index is 0.0245. The van der Waals surface area contributed by atoms with Crippen LogP contribution in [0, 0.1) is 5.82 Å². The van der Waals surface area contributed by atoms with Gasteiger partial charge in [-0.2, -0.15) is 4.99 Å². The SMILES string of the molecule is CCOC(=O)Cn1c(=NC(=O)Cc2ccc(F)cc2)sc2cc3c(cc21)OCO3. The molecule has 4 rings (SSSR count). The molecule has 3 aromatic rings. The van der Waals surface area contributed by atoms with Crippen molar-refractivity contribution in [2.45, 2.75) is 19.9 Å².